The second kappa shape index (κ2) is 8.27. The quantitative estimate of drug-likeness (QED) is 0.735. The summed E-state index contributed by atoms with van der Waals surface area (Å²) >= 11 is 0. The molecule has 0 aliphatic carbocycles. The predicted molar refractivity (Wildman–Crippen MR) is 84.5 cm³/mol. The van der Waals surface area contributed by atoms with E-state index in [1.807, 2.05) is 12.1 Å². The normalized spacial score (nSPS) is 13.2. The Hall–Kier alpha value is -1.07. The third-order valence-electron chi connectivity index (χ3n) is 3.27. The summed E-state index contributed by atoms with van der Waals surface area (Å²) < 4.78 is 26.9. The zero-order chi connectivity index (χ0) is 15.0. The van der Waals surface area contributed by atoms with E-state index in [2.05, 4.69) is 23.9 Å². The van der Waals surface area contributed by atoms with E-state index in [4.69, 9.17) is 0 Å². The van der Waals surface area contributed by atoms with Crippen molar-refractivity contribution in [2.75, 3.05) is 11.9 Å². The molecule has 0 heterocycles. The molecule has 0 fully saturated rings. The van der Waals surface area contributed by atoms with E-state index in [9.17, 15) is 8.42 Å². The Labute approximate surface area is 123 Å². The molecule has 1 aromatic carbocycles. The lowest BCUT2D eigenvalue weighted by atomic mass is 10.1. The van der Waals surface area contributed by atoms with Crippen LogP contribution in [0.4, 0.5) is 5.69 Å². The van der Waals surface area contributed by atoms with E-state index in [-0.39, 0.29) is 0 Å². The van der Waals surface area contributed by atoms with Crippen LogP contribution in [-0.2, 0) is 10.0 Å². The zero-order valence-electron chi connectivity index (χ0n) is 12.6. The van der Waals surface area contributed by atoms with Crippen molar-refractivity contribution in [3.63, 3.8) is 0 Å². The maximum atomic E-state index is 12.2. The van der Waals surface area contributed by atoms with Gasteiger partial charge in [0, 0.05) is 12.6 Å². The van der Waals surface area contributed by atoms with Crippen LogP contribution in [-0.4, -0.2) is 21.0 Å². The Balaban J connectivity index is 2.95. The number of rotatable bonds is 9. The smallest absolute Gasteiger partial charge is 0.242 e. The molecular weight excluding hydrogens is 272 g/mol. The van der Waals surface area contributed by atoms with E-state index in [0.717, 1.165) is 25.7 Å². The molecule has 1 aromatic rings. The second-order valence-electron chi connectivity index (χ2n) is 4.89. The van der Waals surface area contributed by atoms with Crippen LogP contribution >= 0.6 is 0 Å². The van der Waals surface area contributed by atoms with Crippen LogP contribution in [0.1, 0.15) is 46.5 Å². The van der Waals surface area contributed by atoms with Gasteiger partial charge in [-0.05, 0) is 25.0 Å². The predicted octanol–water partition coefficient (Wildman–Crippen LogP) is 3.37. The molecule has 1 unspecified atom stereocenters. The molecule has 0 aliphatic heterocycles. The van der Waals surface area contributed by atoms with Crippen molar-refractivity contribution in [1.29, 1.82) is 0 Å². The van der Waals surface area contributed by atoms with Crippen molar-refractivity contribution in [2.24, 2.45) is 0 Å². The van der Waals surface area contributed by atoms with Gasteiger partial charge in [0.1, 0.15) is 4.90 Å². The average Bonchev–Trinajstić information content (AvgIpc) is 2.43. The van der Waals surface area contributed by atoms with Crippen LogP contribution in [0.2, 0.25) is 0 Å². The van der Waals surface area contributed by atoms with Gasteiger partial charge in [0.25, 0.3) is 0 Å². The highest BCUT2D eigenvalue weighted by atomic mass is 32.2. The number of nitrogens with one attached hydrogen (secondary N) is 2. The SMILES string of the molecule is CCCCC(CC)Nc1ccccc1S(=O)(=O)NCC. The summed E-state index contributed by atoms with van der Waals surface area (Å²) in [7, 11) is -3.43. The van der Waals surface area contributed by atoms with Crippen LogP contribution in [0.3, 0.4) is 0 Å². The molecule has 20 heavy (non-hydrogen) atoms. The van der Waals surface area contributed by atoms with Gasteiger partial charge in [-0.15, -0.1) is 0 Å². The summed E-state index contributed by atoms with van der Waals surface area (Å²) in [5.74, 6) is 0. The Kier molecular flexibility index (Phi) is 7.02. The minimum absolute atomic E-state index is 0.313. The van der Waals surface area contributed by atoms with E-state index in [1.165, 1.54) is 0 Å². The van der Waals surface area contributed by atoms with Gasteiger partial charge in [-0.25, -0.2) is 13.1 Å². The summed E-state index contributed by atoms with van der Waals surface area (Å²) in [5, 5.41) is 3.38. The van der Waals surface area contributed by atoms with E-state index in [0.29, 0.717) is 23.2 Å². The third kappa shape index (κ3) is 4.80. The van der Waals surface area contributed by atoms with Crippen molar-refractivity contribution in [1.82, 2.24) is 4.72 Å². The molecule has 0 bridgehead atoms. The van der Waals surface area contributed by atoms with Gasteiger partial charge in [-0.2, -0.15) is 0 Å². The maximum absolute atomic E-state index is 12.2. The van der Waals surface area contributed by atoms with E-state index < -0.39 is 10.0 Å². The first-order valence-corrected chi connectivity index (χ1v) is 8.88. The van der Waals surface area contributed by atoms with Gasteiger partial charge in [0.2, 0.25) is 10.0 Å². The van der Waals surface area contributed by atoms with E-state index >= 15 is 0 Å². The van der Waals surface area contributed by atoms with Gasteiger partial charge < -0.3 is 5.32 Å². The zero-order valence-corrected chi connectivity index (χ0v) is 13.5. The van der Waals surface area contributed by atoms with Gasteiger partial charge >= 0.3 is 0 Å². The summed E-state index contributed by atoms with van der Waals surface area (Å²) in [5.41, 5.74) is 0.691. The fourth-order valence-corrected chi connectivity index (χ4v) is 3.35. The largest absolute Gasteiger partial charge is 0.381 e. The fourth-order valence-electron chi connectivity index (χ4n) is 2.14. The molecule has 4 nitrogen and oxygen atoms in total. The molecule has 1 atom stereocenters. The standard InChI is InChI=1S/C15H26N2O2S/c1-4-7-10-13(5-2)17-14-11-8-9-12-15(14)20(18,19)16-6-3/h8-9,11-13,16-17H,4-7,10H2,1-3H3. The first-order valence-electron chi connectivity index (χ1n) is 7.40. The highest BCUT2D eigenvalue weighted by Gasteiger charge is 2.18. The number of para-hydroxylation sites is 1. The molecule has 0 saturated heterocycles. The first kappa shape index (κ1) is 17.0. The Bertz CT molecular complexity index is 500. The summed E-state index contributed by atoms with van der Waals surface area (Å²) in [6.45, 7) is 6.46. The Morgan fingerprint density at radius 2 is 1.85 bits per heavy atom. The monoisotopic (exact) mass is 298 g/mol. The second-order valence-corrected chi connectivity index (χ2v) is 6.62. The highest BCUT2D eigenvalue weighted by molar-refractivity contribution is 7.89. The molecule has 0 radical (unpaired) electrons. The van der Waals surface area contributed by atoms with Crippen molar-refractivity contribution in [3.8, 4) is 0 Å². The van der Waals surface area contributed by atoms with Gasteiger partial charge in [0.15, 0.2) is 0 Å². The maximum Gasteiger partial charge on any atom is 0.242 e. The van der Waals surface area contributed by atoms with Crippen LogP contribution in [0.25, 0.3) is 0 Å². The van der Waals surface area contributed by atoms with Crippen molar-refractivity contribution in [2.45, 2.75) is 57.4 Å². The summed E-state index contributed by atoms with van der Waals surface area (Å²) in [6, 6.07) is 7.40. The number of hydrogen-bond acceptors (Lipinski definition) is 3. The van der Waals surface area contributed by atoms with Gasteiger partial charge in [-0.3, -0.25) is 0 Å². The van der Waals surface area contributed by atoms with Crippen molar-refractivity contribution in [3.05, 3.63) is 24.3 Å². The Morgan fingerprint density at radius 1 is 1.15 bits per heavy atom. The molecule has 0 saturated carbocycles. The first-order chi connectivity index (χ1) is 9.55. The number of anilines is 1. The Morgan fingerprint density at radius 3 is 2.45 bits per heavy atom. The molecule has 0 spiro atoms. The molecule has 0 aliphatic rings. The lowest BCUT2D eigenvalue weighted by Gasteiger charge is -2.20. The minimum atomic E-state index is -3.43. The molecule has 0 aromatic heterocycles. The fraction of sp³-hybridized carbons (Fsp3) is 0.600. The van der Waals surface area contributed by atoms with Crippen LogP contribution < -0.4 is 10.0 Å². The van der Waals surface area contributed by atoms with Crippen molar-refractivity contribution < 1.29 is 8.42 Å². The number of benzene rings is 1. The van der Waals surface area contributed by atoms with Crippen molar-refractivity contribution >= 4 is 15.7 Å². The minimum Gasteiger partial charge on any atom is -0.381 e. The highest BCUT2D eigenvalue weighted by Crippen LogP contribution is 2.23. The molecular formula is C15H26N2O2S. The van der Waals surface area contributed by atoms with Crippen LogP contribution in [0, 0.1) is 0 Å². The van der Waals surface area contributed by atoms with Gasteiger partial charge in [-0.1, -0.05) is 45.7 Å². The topological polar surface area (TPSA) is 58.2 Å². The number of unbranched alkanes of at least 4 members (excludes halogenated alkanes) is 1. The summed E-state index contributed by atoms with van der Waals surface area (Å²) in [6.07, 6.45) is 4.33. The average molecular weight is 298 g/mol. The molecule has 2 N–H and O–H groups in total. The van der Waals surface area contributed by atoms with Crippen LogP contribution in [0.5, 0.6) is 0 Å². The molecule has 1 rings (SSSR count). The molecule has 114 valence electrons. The number of hydrogen-bond donors (Lipinski definition) is 2. The molecule has 5 heteroatoms. The van der Waals surface area contributed by atoms with Crippen LogP contribution in [0.15, 0.2) is 29.2 Å². The summed E-state index contributed by atoms with van der Waals surface area (Å²) in [4.78, 5) is 0.330. The number of sulfonamides is 1. The lowest BCUT2D eigenvalue weighted by molar-refractivity contribution is 0.580. The lowest BCUT2D eigenvalue weighted by Crippen LogP contribution is -2.26. The molecule has 0 amide bonds. The third-order valence-corrected chi connectivity index (χ3v) is 4.87. The van der Waals surface area contributed by atoms with Gasteiger partial charge in [0.05, 0.1) is 5.69 Å². The van der Waals surface area contributed by atoms with E-state index in [1.54, 1.807) is 19.1 Å².